The first kappa shape index (κ1) is 51.4. The van der Waals surface area contributed by atoms with Crippen LogP contribution in [0, 0.1) is 41.4 Å². The molecule has 0 amide bonds. The predicted molar refractivity (Wildman–Crippen MR) is 256 cm³/mol. The summed E-state index contributed by atoms with van der Waals surface area (Å²) in [6, 6.07) is 10.7. The Morgan fingerprint density at radius 1 is 0.426 bits per heavy atom. The Morgan fingerprint density at radius 3 is 0.885 bits per heavy atom. The van der Waals surface area contributed by atoms with Gasteiger partial charge in [0.05, 0.1) is 0 Å². The molecule has 0 aliphatic carbocycles. The SMILES string of the molecule is CC(C)C[Si]12O[Si]3(CC(C)C)O[Si]4(CC(C)C)O[Si](CC(C)C)(O1)O[Si]1(CC(C)C)O[Si](CC(C)C)(O2)O[Si](CC(C)C)(O3)O[Si]([O][Ge]([CH3])([CH3])/[CH]=C/c2ccc(Cl)cc2)(O4)O1. The van der Waals surface area contributed by atoms with Crippen molar-refractivity contribution in [3.05, 3.63) is 39.8 Å². The first-order valence-electron chi connectivity index (χ1n) is 22.6. The van der Waals surface area contributed by atoms with Gasteiger partial charge in [0.1, 0.15) is 0 Å². The van der Waals surface area contributed by atoms with Crippen LogP contribution in [-0.4, -0.2) is 84.3 Å². The van der Waals surface area contributed by atoms with Crippen LogP contribution in [0.25, 0.3) is 6.08 Å². The molecule has 348 valence electrons. The van der Waals surface area contributed by atoms with Crippen molar-refractivity contribution in [2.75, 3.05) is 0 Å². The Labute approximate surface area is 384 Å². The van der Waals surface area contributed by atoms with E-state index in [2.05, 4.69) is 119 Å². The summed E-state index contributed by atoms with van der Waals surface area (Å²) in [6.07, 6.45) is 2.08. The predicted octanol–water partition coefficient (Wildman–Crippen LogP) is 11.0. The Kier molecular flexibility index (Phi) is 15.9. The summed E-state index contributed by atoms with van der Waals surface area (Å²) >= 11 is 2.63. The van der Waals surface area contributed by atoms with Crippen molar-refractivity contribution >= 4 is 102 Å². The Hall–Kier alpha value is 1.01. The van der Waals surface area contributed by atoms with E-state index in [0.29, 0.717) is 47.3 Å². The van der Waals surface area contributed by atoms with Gasteiger partial charge in [0.2, 0.25) is 0 Å². The average Bonchev–Trinajstić information content (AvgIpc) is 2.97. The monoisotopic (exact) mass is 1070 g/mol. The van der Waals surface area contributed by atoms with E-state index in [1.54, 1.807) is 0 Å². The summed E-state index contributed by atoms with van der Waals surface area (Å²) in [6.45, 7) is 30.1. The van der Waals surface area contributed by atoms with E-state index in [9.17, 15) is 0 Å². The van der Waals surface area contributed by atoms with Crippen LogP contribution < -0.4 is 0 Å². The molecule has 0 saturated carbocycles. The Bertz CT molecular complexity index is 1560. The van der Waals surface area contributed by atoms with Crippen LogP contribution in [0.5, 0.6) is 0 Å². The molecule has 0 N–H and O–H groups in total. The molecular weight excluding hydrogens is 997 g/mol. The van der Waals surface area contributed by atoms with Crippen LogP contribution in [-0.2, 0) is 52.8 Å². The van der Waals surface area contributed by atoms with Gasteiger partial charge in [-0.05, 0) is 0 Å². The van der Waals surface area contributed by atoms with E-state index >= 15 is 0 Å². The zero-order valence-electron chi connectivity index (χ0n) is 39.6. The van der Waals surface area contributed by atoms with Crippen molar-refractivity contribution < 1.29 is 52.8 Å². The summed E-state index contributed by atoms with van der Waals surface area (Å²) < 4.78 is 101. The van der Waals surface area contributed by atoms with E-state index < -0.39 is 84.3 Å². The average molecular weight is 1070 g/mol. The minimum atomic E-state index is -4.56. The Balaban J connectivity index is 1.73. The number of hydrogen-bond acceptors (Lipinski definition) is 13. The van der Waals surface area contributed by atoms with Crippen molar-refractivity contribution in [2.45, 2.75) is 151 Å². The second-order valence-electron chi connectivity index (χ2n) is 21.3. The normalized spacial score (nSPS) is 37.8. The standard InChI is InChI=1S/C38H75ClGeO13Si8/c1-30(2)23-54-42-55(24-31(3)4)45-58(27-34(9)10)47-56(43-54,25-32(5)6)49-60(29-36(13)14)50-57(44-54,26-33(7)8)48-59(46-55,28-35(11)12)52-61(51-58,53-60)41-40(15,16)22-21-37-17-19-38(39)20-18-37/h17-22,30-36H,23-29H2,1-16H3/b22-21+. The third kappa shape index (κ3) is 12.6. The van der Waals surface area contributed by atoms with E-state index in [-0.39, 0.29) is 41.4 Å². The van der Waals surface area contributed by atoms with Crippen molar-refractivity contribution in [3.63, 3.8) is 0 Å². The fourth-order valence-corrected chi connectivity index (χ4v) is 66.9. The van der Waals surface area contributed by atoms with Crippen molar-refractivity contribution in [3.8, 4) is 0 Å². The zero-order valence-corrected chi connectivity index (χ0v) is 50.5. The zero-order chi connectivity index (χ0) is 45.1. The quantitative estimate of drug-likeness (QED) is 0.130. The van der Waals surface area contributed by atoms with Crippen LogP contribution in [0.4, 0.5) is 0 Å². The van der Waals surface area contributed by atoms with Crippen LogP contribution in [0.1, 0.15) is 102 Å². The molecule has 6 fully saturated rings. The molecule has 7 rings (SSSR count). The molecular formula is C38H75ClGeO13Si8. The molecule has 1 aromatic carbocycles. The van der Waals surface area contributed by atoms with E-state index in [1.807, 2.05) is 24.3 Å². The van der Waals surface area contributed by atoms with Gasteiger partial charge >= 0.3 is 387 Å². The summed E-state index contributed by atoms with van der Waals surface area (Å²) in [4.78, 5) is 2.17. The molecule has 6 heterocycles. The fraction of sp³-hybridized carbons (Fsp3) is 0.789. The molecule has 23 heteroatoms. The van der Waals surface area contributed by atoms with E-state index in [0.717, 1.165) is 5.56 Å². The van der Waals surface area contributed by atoms with Gasteiger partial charge < -0.3 is 0 Å². The van der Waals surface area contributed by atoms with Crippen LogP contribution in [0.15, 0.2) is 29.2 Å². The van der Waals surface area contributed by atoms with Gasteiger partial charge in [-0.15, -0.1) is 0 Å². The molecule has 6 aliphatic heterocycles. The molecule has 0 unspecified atom stereocenters. The Morgan fingerprint density at radius 2 is 0.656 bits per heavy atom. The maximum absolute atomic E-state index is 7.83. The number of hydrogen-bond donors (Lipinski definition) is 0. The molecule has 0 spiro atoms. The third-order valence-electron chi connectivity index (χ3n) is 10.2. The van der Waals surface area contributed by atoms with Crippen molar-refractivity contribution in [1.29, 1.82) is 0 Å². The molecule has 0 radical (unpaired) electrons. The second kappa shape index (κ2) is 18.8. The van der Waals surface area contributed by atoms with E-state index in [1.165, 1.54) is 0 Å². The van der Waals surface area contributed by atoms with Crippen molar-refractivity contribution in [1.82, 2.24) is 0 Å². The van der Waals surface area contributed by atoms with Crippen molar-refractivity contribution in [2.24, 2.45) is 41.4 Å². The van der Waals surface area contributed by atoms with Gasteiger partial charge in [-0.2, -0.15) is 0 Å². The summed E-state index contributed by atoms with van der Waals surface area (Å²) in [5.41, 5.74) is 0.994. The summed E-state index contributed by atoms with van der Waals surface area (Å²) in [5, 5.41) is 0.673. The summed E-state index contributed by atoms with van der Waals surface area (Å²) in [5.74, 6) is 4.83. The number of benzene rings is 1. The van der Waals surface area contributed by atoms with Gasteiger partial charge in [-0.25, -0.2) is 0 Å². The first-order chi connectivity index (χ1) is 28.1. The topological polar surface area (TPSA) is 120 Å². The molecule has 6 aliphatic rings. The van der Waals surface area contributed by atoms with Gasteiger partial charge in [-0.3, -0.25) is 0 Å². The first-order valence-corrected chi connectivity index (χ1v) is 44.4. The minimum absolute atomic E-state index is 0.0520. The molecule has 0 atom stereocenters. The molecule has 6 saturated heterocycles. The second-order valence-corrected chi connectivity index (χ2v) is 53.9. The molecule has 61 heavy (non-hydrogen) atoms. The number of halogens is 1. The molecule has 13 nitrogen and oxygen atoms in total. The maximum atomic E-state index is 7.83. The van der Waals surface area contributed by atoms with Crippen LogP contribution in [0.2, 0.25) is 58.8 Å². The number of rotatable bonds is 18. The third-order valence-corrected chi connectivity index (χ3v) is 56.5. The molecule has 8 bridgehead atoms. The summed E-state index contributed by atoms with van der Waals surface area (Å²) in [7, 11) is -32.8. The molecule has 1 aromatic rings. The van der Waals surface area contributed by atoms with Gasteiger partial charge in [0.25, 0.3) is 0 Å². The molecule has 0 aromatic heterocycles. The van der Waals surface area contributed by atoms with Gasteiger partial charge in [0.15, 0.2) is 0 Å². The van der Waals surface area contributed by atoms with E-state index in [4.69, 9.17) is 64.4 Å². The fourth-order valence-electron chi connectivity index (χ4n) is 8.87. The van der Waals surface area contributed by atoms with Crippen LogP contribution >= 0.6 is 11.6 Å². The van der Waals surface area contributed by atoms with Crippen LogP contribution in [0.3, 0.4) is 0 Å². The van der Waals surface area contributed by atoms with Gasteiger partial charge in [-0.1, -0.05) is 0 Å². The van der Waals surface area contributed by atoms with Gasteiger partial charge in [0, 0.05) is 0 Å².